The standard InChI is InChI=1S/C16H17BrN2O2S.ClH/c1-12-6-7-16(14(17)10-12)22(20,21)19-9-8-18-11-13-4-2-3-5-15(13)19;/h2-7,10,18H,8-9,11H2,1H3;1H. The molecule has 0 aliphatic carbocycles. The number of hydrogen-bond donors (Lipinski definition) is 1. The van der Waals surface area contributed by atoms with Gasteiger partial charge in [0.1, 0.15) is 4.90 Å². The van der Waals surface area contributed by atoms with E-state index in [4.69, 9.17) is 0 Å². The summed E-state index contributed by atoms with van der Waals surface area (Å²) in [5.41, 5.74) is 2.76. The third-order valence-electron chi connectivity index (χ3n) is 3.72. The quantitative estimate of drug-likeness (QED) is 0.814. The molecule has 7 heteroatoms. The van der Waals surface area contributed by atoms with Crippen LogP contribution in [0.1, 0.15) is 11.1 Å². The van der Waals surface area contributed by atoms with Gasteiger partial charge in [-0.15, -0.1) is 12.4 Å². The van der Waals surface area contributed by atoms with Crippen molar-refractivity contribution in [2.75, 3.05) is 17.4 Å². The summed E-state index contributed by atoms with van der Waals surface area (Å²) in [5, 5.41) is 3.26. The number of hydrogen-bond acceptors (Lipinski definition) is 3. The molecule has 0 atom stereocenters. The Morgan fingerprint density at radius 2 is 1.91 bits per heavy atom. The lowest BCUT2D eigenvalue weighted by molar-refractivity contribution is 0.589. The molecule has 3 rings (SSSR count). The smallest absolute Gasteiger partial charge is 0.265 e. The van der Waals surface area contributed by atoms with E-state index in [0.717, 1.165) is 16.8 Å². The van der Waals surface area contributed by atoms with Gasteiger partial charge in [-0.2, -0.15) is 0 Å². The molecule has 0 bridgehead atoms. The third kappa shape index (κ3) is 3.55. The highest BCUT2D eigenvalue weighted by Gasteiger charge is 2.29. The van der Waals surface area contributed by atoms with Gasteiger partial charge in [-0.1, -0.05) is 24.3 Å². The molecule has 23 heavy (non-hydrogen) atoms. The lowest BCUT2D eigenvalue weighted by Crippen LogP contribution is -2.35. The van der Waals surface area contributed by atoms with Crippen molar-refractivity contribution in [2.45, 2.75) is 18.4 Å². The van der Waals surface area contributed by atoms with E-state index in [1.165, 1.54) is 4.31 Å². The lowest BCUT2D eigenvalue weighted by atomic mass is 10.2. The molecule has 4 nitrogen and oxygen atoms in total. The van der Waals surface area contributed by atoms with Crippen LogP contribution < -0.4 is 9.62 Å². The third-order valence-corrected chi connectivity index (χ3v) is 6.51. The molecule has 1 heterocycles. The van der Waals surface area contributed by atoms with Crippen LogP contribution in [0.15, 0.2) is 51.8 Å². The van der Waals surface area contributed by atoms with Gasteiger partial charge < -0.3 is 5.32 Å². The number of benzene rings is 2. The first-order valence-corrected chi connectivity index (χ1v) is 9.31. The minimum Gasteiger partial charge on any atom is -0.311 e. The van der Waals surface area contributed by atoms with Crippen molar-refractivity contribution in [2.24, 2.45) is 0 Å². The molecule has 1 N–H and O–H groups in total. The fourth-order valence-corrected chi connectivity index (χ4v) is 5.27. The second-order valence-corrected chi connectivity index (χ2v) is 8.00. The second kappa shape index (κ2) is 7.21. The van der Waals surface area contributed by atoms with Crippen LogP contribution in [0.25, 0.3) is 0 Å². The molecule has 0 fully saturated rings. The van der Waals surface area contributed by atoms with Gasteiger partial charge in [0.05, 0.1) is 5.69 Å². The van der Waals surface area contributed by atoms with Crippen molar-refractivity contribution >= 4 is 44.0 Å². The second-order valence-electron chi connectivity index (χ2n) is 5.32. The summed E-state index contributed by atoms with van der Waals surface area (Å²) in [6.45, 7) is 3.65. The first-order chi connectivity index (χ1) is 10.5. The molecule has 0 radical (unpaired) electrons. The summed E-state index contributed by atoms with van der Waals surface area (Å²) in [6, 6.07) is 12.9. The van der Waals surface area contributed by atoms with Gasteiger partial charge in [-0.3, -0.25) is 4.31 Å². The summed E-state index contributed by atoms with van der Waals surface area (Å²) >= 11 is 3.39. The predicted molar refractivity (Wildman–Crippen MR) is 98.8 cm³/mol. The maximum Gasteiger partial charge on any atom is 0.265 e. The molecule has 1 aliphatic rings. The highest BCUT2D eigenvalue weighted by atomic mass is 79.9. The zero-order valence-corrected chi connectivity index (χ0v) is 15.8. The molecule has 124 valence electrons. The Kier molecular flexibility index (Phi) is 5.73. The van der Waals surface area contributed by atoms with Crippen molar-refractivity contribution in [3.63, 3.8) is 0 Å². The average molecular weight is 418 g/mol. The Morgan fingerprint density at radius 3 is 2.65 bits per heavy atom. The van der Waals surface area contributed by atoms with Crippen LogP contribution in [-0.2, 0) is 16.6 Å². The van der Waals surface area contributed by atoms with E-state index < -0.39 is 10.0 Å². The monoisotopic (exact) mass is 416 g/mol. The van der Waals surface area contributed by atoms with Crippen molar-refractivity contribution in [1.29, 1.82) is 0 Å². The molecular formula is C16H18BrClN2O2S. The molecular weight excluding hydrogens is 400 g/mol. The fourth-order valence-electron chi connectivity index (χ4n) is 2.61. The molecule has 0 saturated carbocycles. The number of aryl methyl sites for hydroxylation is 1. The van der Waals surface area contributed by atoms with Crippen molar-refractivity contribution in [3.8, 4) is 0 Å². The zero-order chi connectivity index (χ0) is 15.7. The number of fused-ring (bicyclic) bond motifs is 1. The summed E-state index contributed by atoms with van der Waals surface area (Å²) in [6.07, 6.45) is 0. The molecule has 1 aliphatic heterocycles. The number of anilines is 1. The van der Waals surface area contributed by atoms with Crippen LogP contribution in [-0.4, -0.2) is 21.5 Å². The van der Waals surface area contributed by atoms with Crippen LogP contribution in [0.4, 0.5) is 5.69 Å². The summed E-state index contributed by atoms with van der Waals surface area (Å²) in [7, 11) is -3.60. The normalized spacial score (nSPS) is 14.6. The van der Waals surface area contributed by atoms with E-state index in [2.05, 4.69) is 21.2 Å². The van der Waals surface area contributed by atoms with Crippen LogP contribution in [0.2, 0.25) is 0 Å². The molecule has 0 spiro atoms. The highest BCUT2D eigenvalue weighted by molar-refractivity contribution is 9.10. The minimum atomic E-state index is -3.60. The van der Waals surface area contributed by atoms with E-state index in [1.807, 2.05) is 43.3 Å². The molecule has 0 saturated heterocycles. The van der Waals surface area contributed by atoms with E-state index in [1.54, 1.807) is 6.07 Å². The summed E-state index contributed by atoms with van der Waals surface area (Å²) in [4.78, 5) is 0.301. The number of halogens is 2. The van der Waals surface area contributed by atoms with Crippen LogP contribution in [0.3, 0.4) is 0 Å². The van der Waals surface area contributed by atoms with Crippen molar-refractivity contribution in [3.05, 3.63) is 58.1 Å². The topological polar surface area (TPSA) is 49.4 Å². The van der Waals surface area contributed by atoms with E-state index >= 15 is 0 Å². The number of sulfonamides is 1. The fraction of sp³-hybridized carbons (Fsp3) is 0.250. The van der Waals surface area contributed by atoms with Gasteiger partial charge in [0, 0.05) is 24.1 Å². The molecule has 2 aromatic rings. The van der Waals surface area contributed by atoms with E-state index in [9.17, 15) is 8.42 Å². The van der Waals surface area contributed by atoms with Gasteiger partial charge in [0.15, 0.2) is 0 Å². The van der Waals surface area contributed by atoms with Gasteiger partial charge in [-0.25, -0.2) is 8.42 Å². The number of rotatable bonds is 2. The Hall–Kier alpha value is -1.08. The van der Waals surface area contributed by atoms with Gasteiger partial charge >= 0.3 is 0 Å². The molecule has 0 amide bonds. The lowest BCUT2D eigenvalue weighted by Gasteiger charge is -2.24. The maximum atomic E-state index is 13.1. The van der Waals surface area contributed by atoms with Gasteiger partial charge in [-0.05, 0) is 52.2 Å². The average Bonchev–Trinajstić information content (AvgIpc) is 2.69. The molecule has 2 aromatic carbocycles. The first-order valence-electron chi connectivity index (χ1n) is 7.07. The number of nitrogens with one attached hydrogen (secondary N) is 1. The Labute approximate surface area is 151 Å². The number of nitrogens with zero attached hydrogens (tertiary/aromatic N) is 1. The Bertz CT molecular complexity index is 811. The maximum absolute atomic E-state index is 13.1. The number of para-hydroxylation sites is 1. The van der Waals surface area contributed by atoms with Gasteiger partial charge in [0.25, 0.3) is 10.0 Å². The highest BCUT2D eigenvalue weighted by Crippen LogP contribution is 2.31. The van der Waals surface area contributed by atoms with Crippen LogP contribution >= 0.6 is 28.3 Å². The van der Waals surface area contributed by atoms with Crippen LogP contribution in [0, 0.1) is 6.92 Å². The summed E-state index contributed by atoms with van der Waals surface area (Å²) < 4.78 is 28.3. The van der Waals surface area contributed by atoms with E-state index in [-0.39, 0.29) is 12.4 Å². The first kappa shape index (κ1) is 18.3. The summed E-state index contributed by atoms with van der Waals surface area (Å²) in [5.74, 6) is 0. The largest absolute Gasteiger partial charge is 0.311 e. The van der Waals surface area contributed by atoms with E-state index in [0.29, 0.717) is 29.0 Å². The van der Waals surface area contributed by atoms with Crippen LogP contribution in [0.5, 0.6) is 0 Å². The Balaban J connectivity index is 0.00000192. The zero-order valence-electron chi connectivity index (χ0n) is 12.6. The minimum absolute atomic E-state index is 0. The molecule has 0 unspecified atom stereocenters. The van der Waals surface area contributed by atoms with Crippen molar-refractivity contribution < 1.29 is 8.42 Å². The van der Waals surface area contributed by atoms with Crippen molar-refractivity contribution in [1.82, 2.24) is 5.32 Å². The predicted octanol–water partition coefficient (Wildman–Crippen LogP) is 3.48. The van der Waals surface area contributed by atoms with Gasteiger partial charge in [0.2, 0.25) is 0 Å². The Morgan fingerprint density at radius 1 is 1.17 bits per heavy atom. The molecule has 0 aromatic heterocycles. The SMILES string of the molecule is Cc1ccc(S(=O)(=O)N2CCNCc3ccccc32)c(Br)c1.Cl.